The summed E-state index contributed by atoms with van der Waals surface area (Å²) in [4.78, 5) is 4.73. The Hall–Kier alpha value is -1.93. The van der Waals surface area contributed by atoms with Gasteiger partial charge in [0.1, 0.15) is 0 Å². The Morgan fingerprint density at radius 2 is 1.79 bits per heavy atom. The Morgan fingerprint density at radius 1 is 1.00 bits per heavy atom. The third-order valence-electron chi connectivity index (χ3n) is 3.53. The molecule has 3 rings (SSSR count). The number of hydrogen-bond donors (Lipinski definition) is 1. The van der Waals surface area contributed by atoms with Crippen LogP contribution in [-0.4, -0.2) is 16.7 Å². The lowest BCUT2D eigenvalue weighted by atomic mass is 9.98. The topological polar surface area (TPSA) is 33.1 Å². The first-order valence-electron chi connectivity index (χ1n) is 6.68. The summed E-state index contributed by atoms with van der Waals surface area (Å²) in [5.74, 6) is 0. The quantitative estimate of drug-likeness (QED) is 0.721. The van der Waals surface area contributed by atoms with Crippen molar-refractivity contribution in [2.45, 2.75) is 19.8 Å². The van der Waals surface area contributed by atoms with Gasteiger partial charge < -0.3 is 5.11 Å². The number of fused-ring (bicyclic) bond motifs is 2. The molecule has 0 spiro atoms. The molecule has 0 unspecified atom stereocenters. The van der Waals surface area contributed by atoms with Gasteiger partial charge in [-0.15, -0.1) is 0 Å². The number of hydrogen-bond acceptors (Lipinski definition) is 2. The van der Waals surface area contributed by atoms with Crippen LogP contribution < -0.4 is 0 Å². The van der Waals surface area contributed by atoms with E-state index in [1.807, 2.05) is 12.1 Å². The number of nitrogens with zero attached hydrogens (tertiary/aromatic N) is 1. The SMILES string of the molecule is Cc1ccc2nc3ccccc3c(CCCO)c2c1. The van der Waals surface area contributed by atoms with Gasteiger partial charge in [-0.2, -0.15) is 0 Å². The number of aliphatic hydroxyl groups excluding tert-OH is 1. The maximum atomic E-state index is 9.11. The Labute approximate surface area is 112 Å². The van der Waals surface area contributed by atoms with Gasteiger partial charge in [0.05, 0.1) is 11.0 Å². The van der Waals surface area contributed by atoms with Crippen LogP contribution in [0.4, 0.5) is 0 Å². The molecule has 2 heteroatoms. The summed E-state index contributed by atoms with van der Waals surface area (Å²) in [5.41, 5.74) is 4.62. The molecule has 96 valence electrons. The molecule has 1 heterocycles. The van der Waals surface area contributed by atoms with Gasteiger partial charge in [0.2, 0.25) is 0 Å². The van der Waals surface area contributed by atoms with Crippen molar-refractivity contribution in [2.75, 3.05) is 6.61 Å². The third kappa shape index (κ3) is 2.20. The van der Waals surface area contributed by atoms with E-state index in [4.69, 9.17) is 10.1 Å². The van der Waals surface area contributed by atoms with Crippen molar-refractivity contribution in [2.24, 2.45) is 0 Å². The fourth-order valence-electron chi connectivity index (χ4n) is 2.62. The molecule has 19 heavy (non-hydrogen) atoms. The van der Waals surface area contributed by atoms with Crippen LogP contribution in [-0.2, 0) is 6.42 Å². The van der Waals surface area contributed by atoms with Crippen molar-refractivity contribution in [3.8, 4) is 0 Å². The van der Waals surface area contributed by atoms with Crippen molar-refractivity contribution < 1.29 is 5.11 Å². The average Bonchev–Trinajstić information content (AvgIpc) is 2.44. The molecular weight excluding hydrogens is 234 g/mol. The molecular formula is C17H17NO. The van der Waals surface area contributed by atoms with E-state index in [0.29, 0.717) is 0 Å². The first-order chi connectivity index (χ1) is 9.29. The second-order valence-electron chi connectivity index (χ2n) is 4.96. The maximum Gasteiger partial charge on any atom is 0.0712 e. The van der Waals surface area contributed by atoms with Crippen LogP contribution in [0.1, 0.15) is 17.5 Å². The van der Waals surface area contributed by atoms with E-state index in [9.17, 15) is 0 Å². The van der Waals surface area contributed by atoms with Gasteiger partial charge in [0, 0.05) is 17.4 Å². The molecule has 0 fully saturated rings. The number of rotatable bonds is 3. The van der Waals surface area contributed by atoms with Gasteiger partial charge in [-0.25, -0.2) is 4.98 Å². The fourth-order valence-corrected chi connectivity index (χ4v) is 2.62. The first kappa shape index (κ1) is 12.1. The predicted molar refractivity (Wildman–Crippen MR) is 79.4 cm³/mol. The Bertz CT molecular complexity index is 734. The number of benzene rings is 2. The lowest BCUT2D eigenvalue weighted by Crippen LogP contribution is -1.95. The fraction of sp³-hybridized carbons (Fsp3) is 0.235. The summed E-state index contributed by atoms with van der Waals surface area (Å²) < 4.78 is 0. The summed E-state index contributed by atoms with van der Waals surface area (Å²) in [6.07, 6.45) is 1.68. The molecule has 2 nitrogen and oxygen atoms in total. The molecule has 0 aliphatic carbocycles. The molecule has 0 radical (unpaired) electrons. The number of pyridine rings is 1. The van der Waals surface area contributed by atoms with Crippen molar-refractivity contribution in [1.29, 1.82) is 0 Å². The normalized spacial score (nSPS) is 11.3. The van der Waals surface area contributed by atoms with Gasteiger partial charge >= 0.3 is 0 Å². The van der Waals surface area contributed by atoms with Crippen molar-refractivity contribution >= 4 is 21.8 Å². The number of aliphatic hydroxyl groups is 1. The van der Waals surface area contributed by atoms with Crippen LogP contribution in [0.5, 0.6) is 0 Å². The number of aryl methyl sites for hydroxylation is 2. The molecule has 0 bridgehead atoms. The average molecular weight is 251 g/mol. The maximum absolute atomic E-state index is 9.11. The van der Waals surface area contributed by atoms with Gasteiger partial charge in [-0.1, -0.05) is 29.8 Å². The van der Waals surface area contributed by atoms with Crippen LogP contribution >= 0.6 is 0 Å². The van der Waals surface area contributed by atoms with E-state index in [1.54, 1.807) is 0 Å². The molecule has 0 aliphatic rings. The van der Waals surface area contributed by atoms with Gasteiger partial charge in [0.15, 0.2) is 0 Å². The lowest BCUT2D eigenvalue weighted by molar-refractivity contribution is 0.289. The number of para-hydroxylation sites is 1. The summed E-state index contributed by atoms with van der Waals surface area (Å²) >= 11 is 0. The van der Waals surface area contributed by atoms with Crippen molar-refractivity contribution in [3.05, 3.63) is 53.6 Å². The van der Waals surface area contributed by atoms with Crippen LogP contribution in [0.2, 0.25) is 0 Å². The highest BCUT2D eigenvalue weighted by Crippen LogP contribution is 2.27. The molecule has 0 saturated carbocycles. The highest BCUT2D eigenvalue weighted by Gasteiger charge is 2.08. The minimum Gasteiger partial charge on any atom is -0.396 e. The zero-order chi connectivity index (χ0) is 13.2. The van der Waals surface area contributed by atoms with Crippen LogP contribution in [0.25, 0.3) is 21.8 Å². The van der Waals surface area contributed by atoms with Crippen LogP contribution in [0.15, 0.2) is 42.5 Å². The third-order valence-corrected chi connectivity index (χ3v) is 3.53. The second-order valence-corrected chi connectivity index (χ2v) is 4.96. The summed E-state index contributed by atoms with van der Waals surface area (Å²) in [6, 6.07) is 14.6. The highest BCUT2D eigenvalue weighted by molar-refractivity contribution is 5.97. The van der Waals surface area contributed by atoms with E-state index in [-0.39, 0.29) is 6.61 Å². The minimum absolute atomic E-state index is 0.226. The smallest absolute Gasteiger partial charge is 0.0712 e. The van der Waals surface area contributed by atoms with Gasteiger partial charge in [-0.3, -0.25) is 0 Å². The zero-order valence-corrected chi connectivity index (χ0v) is 11.1. The second kappa shape index (κ2) is 4.98. The van der Waals surface area contributed by atoms with E-state index in [2.05, 4.69) is 37.3 Å². The Balaban J connectivity index is 2.36. The summed E-state index contributed by atoms with van der Waals surface area (Å²) in [6.45, 7) is 2.33. The molecule has 0 saturated heterocycles. The van der Waals surface area contributed by atoms with E-state index >= 15 is 0 Å². The Morgan fingerprint density at radius 3 is 2.63 bits per heavy atom. The molecule has 1 aromatic heterocycles. The molecule has 2 aromatic carbocycles. The molecule has 1 N–H and O–H groups in total. The minimum atomic E-state index is 0.226. The molecule has 3 aromatic rings. The van der Waals surface area contributed by atoms with E-state index in [1.165, 1.54) is 21.9 Å². The summed E-state index contributed by atoms with van der Waals surface area (Å²) in [7, 11) is 0. The van der Waals surface area contributed by atoms with Crippen LogP contribution in [0, 0.1) is 6.92 Å². The molecule has 0 atom stereocenters. The number of aromatic nitrogens is 1. The highest BCUT2D eigenvalue weighted by atomic mass is 16.2. The summed E-state index contributed by atoms with van der Waals surface area (Å²) in [5, 5.41) is 11.5. The van der Waals surface area contributed by atoms with Crippen molar-refractivity contribution in [1.82, 2.24) is 4.98 Å². The standard InChI is InChI=1S/C17H17NO/c1-12-8-9-17-15(11-12)13(6-4-10-19)14-5-2-3-7-16(14)18-17/h2-3,5,7-9,11,19H,4,6,10H2,1H3. The molecule has 0 amide bonds. The lowest BCUT2D eigenvalue weighted by Gasteiger charge is -2.11. The first-order valence-corrected chi connectivity index (χ1v) is 6.68. The van der Waals surface area contributed by atoms with E-state index < -0.39 is 0 Å². The zero-order valence-electron chi connectivity index (χ0n) is 11.1. The van der Waals surface area contributed by atoms with Crippen molar-refractivity contribution in [3.63, 3.8) is 0 Å². The Kier molecular flexibility index (Phi) is 3.18. The van der Waals surface area contributed by atoms with E-state index in [0.717, 1.165) is 23.9 Å². The van der Waals surface area contributed by atoms with Crippen LogP contribution in [0.3, 0.4) is 0 Å². The van der Waals surface area contributed by atoms with Gasteiger partial charge in [-0.05, 0) is 43.5 Å². The van der Waals surface area contributed by atoms with Gasteiger partial charge in [0.25, 0.3) is 0 Å². The predicted octanol–water partition coefficient (Wildman–Crippen LogP) is 3.62. The largest absolute Gasteiger partial charge is 0.396 e. The monoisotopic (exact) mass is 251 g/mol. The molecule has 0 aliphatic heterocycles.